The van der Waals surface area contributed by atoms with Gasteiger partial charge in [-0.15, -0.1) is 0 Å². The smallest absolute Gasteiger partial charge is 0.288 e. The second-order valence-electron chi connectivity index (χ2n) is 5.47. The van der Waals surface area contributed by atoms with E-state index in [-0.39, 0.29) is 17.2 Å². The van der Waals surface area contributed by atoms with Gasteiger partial charge in [0, 0.05) is 12.3 Å². The maximum atomic E-state index is 12.1. The number of benzene rings is 1. The highest BCUT2D eigenvalue weighted by Gasteiger charge is 2.13. The zero-order valence-electron chi connectivity index (χ0n) is 15.3. The van der Waals surface area contributed by atoms with Gasteiger partial charge in [0.1, 0.15) is 29.2 Å². The molecule has 0 unspecified atom stereocenters. The van der Waals surface area contributed by atoms with E-state index in [1.54, 1.807) is 50.6 Å². The SMILES string of the molecule is COc1ccc(Nc2ncnc(NNC(=O)c3ccccn3)c2N)c(OC)c1. The topological polar surface area (TPSA) is 136 Å². The van der Waals surface area contributed by atoms with Crippen molar-refractivity contribution in [1.29, 1.82) is 0 Å². The summed E-state index contributed by atoms with van der Waals surface area (Å²) in [5.74, 6) is 1.35. The van der Waals surface area contributed by atoms with Crippen LogP contribution in [-0.2, 0) is 0 Å². The summed E-state index contributed by atoms with van der Waals surface area (Å²) in [4.78, 5) is 24.2. The van der Waals surface area contributed by atoms with Crippen molar-refractivity contribution in [1.82, 2.24) is 20.4 Å². The molecule has 10 nitrogen and oxygen atoms in total. The van der Waals surface area contributed by atoms with Crippen LogP contribution in [0.1, 0.15) is 10.5 Å². The molecule has 0 aliphatic rings. The van der Waals surface area contributed by atoms with Crippen LogP contribution in [0.4, 0.5) is 23.0 Å². The number of hydrazine groups is 1. The van der Waals surface area contributed by atoms with E-state index >= 15 is 0 Å². The van der Waals surface area contributed by atoms with Gasteiger partial charge in [-0.2, -0.15) is 0 Å². The number of carbonyl (C=O) groups is 1. The summed E-state index contributed by atoms with van der Waals surface area (Å²) in [5, 5.41) is 3.08. The lowest BCUT2D eigenvalue weighted by Crippen LogP contribution is -2.31. The van der Waals surface area contributed by atoms with Crippen LogP contribution in [0, 0.1) is 0 Å². The Morgan fingerprint density at radius 3 is 2.57 bits per heavy atom. The molecule has 3 aromatic rings. The maximum absolute atomic E-state index is 12.1. The first kappa shape index (κ1) is 18.7. The fourth-order valence-electron chi connectivity index (χ4n) is 2.30. The Kier molecular flexibility index (Phi) is 5.70. The van der Waals surface area contributed by atoms with Crippen LogP contribution in [0.25, 0.3) is 0 Å². The molecule has 0 saturated carbocycles. The third-order valence-electron chi connectivity index (χ3n) is 3.74. The molecule has 0 atom stereocenters. The van der Waals surface area contributed by atoms with Crippen molar-refractivity contribution in [3.8, 4) is 11.5 Å². The molecule has 5 N–H and O–H groups in total. The number of nitrogens with two attached hydrogens (primary N) is 1. The van der Waals surface area contributed by atoms with Crippen molar-refractivity contribution in [2.45, 2.75) is 0 Å². The van der Waals surface area contributed by atoms with Crippen molar-refractivity contribution < 1.29 is 14.3 Å². The van der Waals surface area contributed by atoms with Crippen LogP contribution in [-0.4, -0.2) is 35.1 Å². The van der Waals surface area contributed by atoms with E-state index in [2.05, 4.69) is 31.1 Å². The normalized spacial score (nSPS) is 10.1. The second kappa shape index (κ2) is 8.54. The predicted octanol–water partition coefficient (Wildman–Crippen LogP) is 1.97. The Labute approximate surface area is 161 Å². The fraction of sp³-hybridized carbons (Fsp3) is 0.111. The standard InChI is InChI=1S/C18H19N7O3/c1-27-11-6-7-12(14(9-11)28-2)23-16-15(19)17(22-10-21-16)24-25-18(26)13-5-3-4-8-20-13/h3-10H,19H2,1-2H3,(H,25,26)(H2,21,22,23,24). The van der Waals surface area contributed by atoms with E-state index in [4.69, 9.17) is 15.2 Å². The number of ether oxygens (including phenoxy) is 2. The number of aromatic nitrogens is 3. The lowest BCUT2D eigenvalue weighted by atomic mass is 10.2. The summed E-state index contributed by atoms with van der Waals surface area (Å²) in [5.41, 5.74) is 12.4. The molecule has 1 amide bonds. The summed E-state index contributed by atoms with van der Waals surface area (Å²) in [7, 11) is 3.12. The number of rotatable bonds is 7. The third kappa shape index (κ3) is 4.18. The average Bonchev–Trinajstić information content (AvgIpc) is 2.75. The number of hydrogen-bond donors (Lipinski definition) is 4. The third-order valence-corrected chi connectivity index (χ3v) is 3.74. The van der Waals surface area contributed by atoms with Crippen molar-refractivity contribution in [2.24, 2.45) is 0 Å². The molecular weight excluding hydrogens is 362 g/mol. The molecule has 144 valence electrons. The van der Waals surface area contributed by atoms with Gasteiger partial charge in [-0.05, 0) is 24.3 Å². The van der Waals surface area contributed by atoms with Crippen molar-refractivity contribution in [3.63, 3.8) is 0 Å². The molecule has 0 spiro atoms. The average molecular weight is 381 g/mol. The minimum atomic E-state index is -0.426. The van der Waals surface area contributed by atoms with Crippen LogP contribution in [0.15, 0.2) is 48.9 Å². The molecule has 1 aromatic carbocycles. The first-order chi connectivity index (χ1) is 13.6. The number of pyridine rings is 1. The number of amides is 1. The van der Waals surface area contributed by atoms with Gasteiger partial charge in [-0.25, -0.2) is 9.97 Å². The summed E-state index contributed by atoms with van der Waals surface area (Å²) in [6, 6.07) is 10.3. The maximum Gasteiger partial charge on any atom is 0.288 e. The highest BCUT2D eigenvalue weighted by molar-refractivity contribution is 5.93. The predicted molar refractivity (Wildman–Crippen MR) is 105 cm³/mol. The number of nitrogen functional groups attached to an aromatic ring is 1. The molecule has 0 bridgehead atoms. The largest absolute Gasteiger partial charge is 0.497 e. The Bertz CT molecular complexity index is 967. The first-order valence-electron chi connectivity index (χ1n) is 8.19. The van der Waals surface area contributed by atoms with Gasteiger partial charge in [0.05, 0.1) is 19.9 Å². The van der Waals surface area contributed by atoms with Crippen LogP contribution >= 0.6 is 0 Å². The molecule has 28 heavy (non-hydrogen) atoms. The number of nitrogens with one attached hydrogen (secondary N) is 3. The molecule has 0 aliphatic heterocycles. The zero-order valence-corrected chi connectivity index (χ0v) is 15.3. The Hall–Kier alpha value is -4.08. The van der Waals surface area contributed by atoms with E-state index in [0.717, 1.165) is 0 Å². The highest BCUT2D eigenvalue weighted by Crippen LogP contribution is 2.33. The van der Waals surface area contributed by atoms with E-state index in [1.165, 1.54) is 12.5 Å². The van der Waals surface area contributed by atoms with Crippen LogP contribution in [0.2, 0.25) is 0 Å². The number of methoxy groups -OCH3 is 2. The minimum Gasteiger partial charge on any atom is -0.497 e. The molecule has 0 saturated heterocycles. The Balaban J connectivity index is 1.75. The first-order valence-corrected chi connectivity index (χ1v) is 8.19. The van der Waals surface area contributed by atoms with Crippen molar-refractivity contribution >= 4 is 28.9 Å². The summed E-state index contributed by atoms with van der Waals surface area (Å²) < 4.78 is 10.5. The van der Waals surface area contributed by atoms with Gasteiger partial charge in [-0.3, -0.25) is 20.6 Å². The van der Waals surface area contributed by atoms with Crippen LogP contribution < -0.4 is 31.4 Å². The summed E-state index contributed by atoms with van der Waals surface area (Å²) >= 11 is 0. The second-order valence-corrected chi connectivity index (χ2v) is 5.47. The van der Waals surface area contributed by atoms with Gasteiger partial charge < -0.3 is 20.5 Å². The van der Waals surface area contributed by atoms with Crippen molar-refractivity contribution in [3.05, 3.63) is 54.6 Å². The lowest BCUT2D eigenvalue weighted by Gasteiger charge is -2.15. The van der Waals surface area contributed by atoms with E-state index in [1.807, 2.05) is 0 Å². The molecule has 0 radical (unpaired) electrons. The summed E-state index contributed by atoms with van der Waals surface area (Å²) in [6.45, 7) is 0. The Morgan fingerprint density at radius 1 is 1.04 bits per heavy atom. The molecule has 0 aliphatic carbocycles. The highest BCUT2D eigenvalue weighted by atomic mass is 16.5. The quantitative estimate of drug-likeness (QED) is 0.453. The minimum absolute atomic E-state index is 0.210. The Morgan fingerprint density at radius 2 is 1.86 bits per heavy atom. The fourth-order valence-corrected chi connectivity index (χ4v) is 2.30. The van der Waals surface area contributed by atoms with Crippen LogP contribution in [0.5, 0.6) is 11.5 Å². The molecule has 0 fully saturated rings. The molecule has 2 aromatic heterocycles. The molecular formula is C18H19N7O3. The lowest BCUT2D eigenvalue weighted by molar-refractivity contribution is 0.0957. The number of carbonyl (C=O) groups excluding carboxylic acids is 1. The monoisotopic (exact) mass is 381 g/mol. The zero-order chi connectivity index (χ0) is 19.9. The number of hydrogen-bond acceptors (Lipinski definition) is 9. The van der Waals surface area contributed by atoms with Crippen LogP contribution in [0.3, 0.4) is 0 Å². The van der Waals surface area contributed by atoms with Gasteiger partial charge >= 0.3 is 0 Å². The molecule has 10 heteroatoms. The summed E-state index contributed by atoms with van der Waals surface area (Å²) in [6.07, 6.45) is 2.84. The van der Waals surface area contributed by atoms with E-state index in [0.29, 0.717) is 23.0 Å². The van der Waals surface area contributed by atoms with Crippen molar-refractivity contribution in [2.75, 3.05) is 30.7 Å². The van der Waals surface area contributed by atoms with E-state index in [9.17, 15) is 4.79 Å². The molecule has 3 rings (SSSR count). The van der Waals surface area contributed by atoms with Gasteiger partial charge in [0.25, 0.3) is 5.91 Å². The van der Waals surface area contributed by atoms with Gasteiger partial charge in [-0.1, -0.05) is 6.07 Å². The number of anilines is 4. The van der Waals surface area contributed by atoms with Gasteiger partial charge in [0.2, 0.25) is 0 Å². The van der Waals surface area contributed by atoms with E-state index < -0.39 is 5.91 Å². The molecule has 2 heterocycles. The number of nitrogens with zero attached hydrogens (tertiary/aromatic N) is 3. The van der Waals surface area contributed by atoms with Gasteiger partial charge in [0.15, 0.2) is 11.6 Å².